The molecule has 4 heteroatoms. The lowest BCUT2D eigenvalue weighted by Crippen LogP contribution is -2.27. The first-order chi connectivity index (χ1) is 4.66. The van der Waals surface area contributed by atoms with Crippen molar-refractivity contribution in [3.8, 4) is 0 Å². The van der Waals surface area contributed by atoms with Crippen molar-refractivity contribution in [2.45, 2.75) is 5.06 Å². The monoisotopic (exact) mass is 157 g/mol. The van der Waals surface area contributed by atoms with E-state index in [4.69, 9.17) is 9.84 Å². The van der Waals surface area contributed by atoms with Gasteiger partial charge in [0.2, 0.25) is 0 Å². The summed E-state index contributed by atoms with van der Waals surface area (Å²) in [7, 11) is 0. The second kappa shape index (κ2) is 2.56. The maximum Gasteiger partial charge on any atom is 0.262 e. The van der Waals surface area contributed by atoms with Gasteiger partial charge in [0.1, 0.15) is 5.76 Å². The van der Waals surface area contributed by atoms with Crippen LogP contribution in [0.2, 0.25) is 0 Å². The number of thioether (sulfide) groups is 1. The molecule has 1 aliphatic rings. The van der Waals surface area contributed by atoms with Crippen LogP contribution < -0.4 is 5.73 Å². The van der Waals surface area contributed by atoms with Gasteiger partial charge in [-0.15, -0.1) is 0 Å². The number of aliphatic hydroxyl groups is 1. The van der Waals surface area contributed by atoms with Crippen LogP contribution in [0.25, 0.3) is 0 Å². The Bertz CT molecular complexity index is 190. The molecule has 0 fully saturated rings. The van der Waals surface area contributed by atoms with Gasteiger partial charge < -0.3 is 9.84 Å². The predicted molar refractivity (Wildman–Crippen MR) is 39.3 cm³/mol. The van der Waals surface area contributed by atoms with E-state index in [0.29, 0.717) is 0 Å². The van der Waals surface area contributed by atoms with Crippen LogP contribution in [0, 0.1) is 0 Å². The molecule has 0 spiro atoms. The van der Waals surface area contributed by atoms with Crippen LogP contribution in [0.4, 0.5) is 0 Å². The fourth-order valence-electron chi connectivity index (χ4n) is 0.577. The van der Waals surface area contributed by atoms with Gasteiger partial charge >= 0.3 is 0 Å². The average Bonchev–Trinajstić information content (AvgIpc) is 1.88. The van der Waals surface area contributed by atoms with E-state index in [1.54, 1.807) is 6.26 Å². The lowest BCUT2D eigenvalue weighted by Gasteiger charge is -2.22. The molecule has 1 atom stereocenters. The predicted octanol–water partition coefficient (Wildman–Crippen LogP) is 1.06. The molecular formula is C6H7NO2S. The van der Waals surface area contributed by atoms with Crippen molar-refractivity contribution in [1.82, 2.24) is 5.73 Å². The molecule has 1 rings (SSSR count). The van der Waals surface area contributed by atoms with Crippen LogP contribution in [-0.4, -0.2) is 16.4 Å². The number of hydrogen-bond acceptors (Lipinski definition) is 3. The highest BCUT2D eigenvalue weighted by molar-refractivity contribution is 7.99. The molecule has 0 aromatic carbocycles. The molecule has 54 valence electrons. The first-order valence-corrected chi connectivity index (χ1v) is 3.92. The second-order valence-electron chi connectivity index (χ2n) is 1.82. The topological polar surface area (TPSA) is 51.8 Å². The van der Waals surface area contributed by atoms with E-state index in [1.807, 2.05) is 0 Å². The summed E-state index contributed by atoms with van der Waals surface area (Å²) in [6.45, 7) is 0. The van der Waals surface area contributed by atoms with Crippen LogP contribution in [0.1, 0.15) is 0 Å². The summed E-state index contributed by atoms with van der Waals surface area (Å²) in [5.74, 6) is 0.0168. The van der Waals surface area contributed by atoms with Gasteiger partial charge in [-0.1, -0.05) is 17.5 Å². The van der Waals surface area contributed by atoms with Gasteiger partial charge in [0.05, 0.1) is 6.26 Å². The highest BCUT2D eigenvalue weighted by Gasteiger charge is 2.26. The van der Waals surface area contributed by atoms with E-state index in [9.17, 15) is 5.73 Å². The molecule has 0 amide bonds. The van der Waals surface area contributed by atoms with Crippen molar-refractivity contribution in [1.29, 1.82) is 0 Å². The Balaban J connectivity index is 2.76. The van der Waals surface area contributed by atoms with Crippen molar-refractivity contribution in [2.24, 2.45) is 0 Å². The molecule has 3 nitrogen and oxygen atoms in total. The lowest BCUT2D eigenvalue weighted by atomic mass is 10.3. The van der Waals surface area contributed by atoms with Crippen LogP contribution in [-0.2, 0) is 4.74 Å². The van der Waals surface area contributed by atoms with Gasteiger partial charge in [-0.2, -0.15) is 0 Å². The van der Waals surface area contributed by atoms with Gasteiger partial charge in [0, 0.05) is 12.2 Å². The molecule has 0 aromatic heterocycles. The van der Waals surface area contributed by atoms with Crippen LogP contribution in [0.3, 0.4) is 0 Å². The quantitative estimate of drug-likeness (QED) is 0.619. The molecule has 0 aromatic rings. The zero-order valence-electron chi connectivity index (χ0n) is 5.44. The number of nitrogens with zero attached hydrogens (tertiary/aromatic N) is 1. The Kier molecular flexibility index (Phi) is 1.92. The number of rotatable bonds is 1. The van der Waals surface area contributed by atoms with E-state index in [0.717, 1.165) is 11.8 Å². The largest absolute Gasteiger partial charge is 0.508 e. The molecule has 1 aliphatic heterocycles. The van der Waals surface area contributed by atoms with Crippen molar-refractivity contribution in [3.63, 3.8) is 0 Å². The van der Waals surface area contributed by atoms with Crippen LogP contribution in [0.15, 0.2) is 24.2 Å². The third kappa shape index (κ3) is 1.46. The van der Waals surface area contributed by atoms with Crippen molar-refractivity contribution < 1.29 is 9.84 Å². The van der Waals surface area contributed by atoms with Gasteiger partial charge in [-0.25, -0.2) is 0 Å². The van der Waals surface area contributed by atoms with E-state index >= 15 is 0 Å². The molecule has 0 saturated carbocycles. The Morgan fingerprint density at radius 2 is 2.50 bits per heavy atom. The molecule has 0 aliphatic carbocycles. The summed E-state index contributed by atoms with van der Waals surface area (Å²) < 4.78 is 4.79. The van der Waals surface area contributed by atoms with Gasteiger partial charge in [0.15, 0.2) is 0 Å². The number of ether oxygens (including phenoxy) is 1. The molecule has 1 unspecified atom stereocenters. The second-order valence-corrected chi connectivity index (χ2v) is 2.82. The van der Waals surface area contributed by atoms with E-state index in [2.05, 4.69) is 0 Å². The van der Waals surface area contributed by atoms with Crippen molar-refractivity contribution in [3.05, 3.63) is 24.2 Å². The Morgan fingerprint density at radius 1 is 1.80 bits per heavy atom. The van der Waals surface area contributed by atoms with Crippen LogP contribution in [0.5, 0.6) is 0 Å². The van der Waals surface area contributed by atoms with Crippen LogP contribution >= 0.6 is 11.8 Å². The summed E-state index contributed by atoms with van der Waals surface area (Å²) in [4.78, 5) is 0. The molecule has 2 radical (unpaired) electrons. The van der Waals surface area contributed by atoms with E-state index in [-0.39, 0.29) is 5.76 Å². The van der Waals surface area contributed by atoms with E-state index in [1.165, 1.54) is 18.4 Å². The summed E-state index contributed by atoms with van der Waals surface area (Å²) in [6, 6.07) is 0. The molecule has 10 heavy (non-hydrogen) atoms. The highest BCUT2D eigenvalue weighted by Crippen LogP contribution is 2.26. The normalized spacial score (nSPS) is 31.2. The Hall–Kier alpha value is -0.610. The fraction of sp³-hybridized carbons (Fsp3) is 0.333. The molecule has 1 N–H and O–H groups in total. The van der Waals surface area contributed by atoms with Crippen molar-refractivity contribution >= 4 is 11.8 Å². The van der Waals surface area contributed by atoms with Gasteiger partial charge in [0.25, 0.3) is 5.06 Å². The van der Waals surface area contributed by atoms with Crippen molar-refractivity contribution in [2.75, 3.05) is 6.26 Å². The average molecular weight is 157 g/mol. The molecule has 1 heterocycles. The standard InChI is InChI=1S/C6H7NO2S/c1-10-6(7)4-5(8)2-3-9-6/h2-4,8H,1H3. The zero-order chi connectivity index (χ0) is 7.61. The first-order valence-electron chi connectivity index (χ1n) is 2.70. The summed E-state index contributed by atoms with van der Waals surface area (Å²) in [6.07, 6.45) is 5.54. The minimum atomic E-state index is -1.39. The maximum absolute atomic E-state index is 9.30. The fourth-order valence-corrected chi connectivity index (χ4v) is 0.968. The molecular weight excluding hydrogens is 150 g/mol. The number of aliphatic hydroxyl groups excluding tert-OH is 1. The minimum Gasteiger partial charge on any atom is -0.508 e. The zero-order valence-corrected chi connectivity index (χ0v) is 6.26. The summed E-state index contributed by atoms with van der Waals surface area (Å²) in [5.41, 5.74) is 9.30. The number of hydrogen-bond donors (Lipinski definition) is 1. The number of allylic oxidation sites excluding steroid dienone is 1. The Labute approximate surface area is 63.5 Å². The molecule has 0 saturated heterocycles. The SMILES string of the molecule is CSC1([N])C=C(O)C=CO1. The first kappa shape index (κ1) is 7.50. The highest BCUT2D eigenvalue weighted by atomic mass is 32.2. The lowest BCUT2D eigenvalue weighted by molar-refractivity contribution is 0.143. The third-order valence-electron chi connectivity index (χ3n) is 1.10. The molecule has 0 bridgehead atoms. The smallest absolute Gasteiger partial charge is 0.262 e. The van der Waals surface area contributed by atoms with Gasteiger partial charge in [-0.05, 0) is 6.26 Å². The summed E-state index contributed by atoms with van der Waals surface area (Å²) >= 11 is 1.10. The Morgan fingerprint density at radius 3 is 2.90 bits per heavy atom. The maximum atomic E-state index is 9.30. The minimum absolute atomic E-state index is 0.0168. The van der Waals surface area contributed by atoms with Gasteiger partial charge in [-0.3, -0.25) is 0 Å². The summed E-state index contributed by atoms with van der Waals surface area (Å²) in [5, 5.41) is 7.51. The van der Waals surface area contributed by atoms with E-state index < -0.39 is 5.06 Å². The third-order valence-corrected chi connectivity index (χ3v) is 1.90.